The molecule has 9 nitrogen and oxygen atoms in total. The molecule has 1 unspecified atom stereocenters. The third kappa shape index (κ3) is 8.66. The van der Waals surface area contributed by atoms with Gasteiger partial charge in [0.25, 0.3) is 0 Å². The van der Waals surface area contributed by atoms with Crippen LogP contribution in [0, 0.1) is 17.3 Å². The summed E-state index contributed by atoms with van der Waals surface area (Å²) in [5, 5.41) is 14.9. The molecular weight excluding hydrogens is 508 g/mol. The topological polar surface area (TPSA) is 148 Å². The molecule has 0 saturated carbocycles. The lowest BCUT2D eigenvalue weighted by Gasteiger charge is -2.42. The minimum atomic E-state index is -1.52. The Balaban J connectivity index is 2.58. The average molecular weight is 557 g/mol. The van der Waals surface area contributed by atoms with Crippen LogP contribution in [0.5, 0.6) is 5.75 Å². The van der Waals surface area contributed by atoms with Gasteiger partial charge in [-0.25, -0.2) is 0 Å². The van der Waals surface area contributed by atoms with Crippen LogP contribution < -0.4 is 21.5 Å². The Morgan fingerprint density at radius 3 is 2.23 bits per heavy atom. The molecule has 0 aromatic heterocycles. The van der Waals surface area contributed by atoms with Gasteiger partial charge in [0.05, 0.1) is 18.6 Å². The van der Waals surface area contributed by atoms with Crippen LogP contribution in [0.3, 0.4) is 0 Å². The molecule has 2 rings (SSSR count). The number of hydrogen-bond donors (Lipinski definition) is 4. The zero-order chi connectivity index (χ0) is 29.9. The molecule has 3 atom stereocenters. The van der Waals surface area contributed by atoms with Crippen LogP contribution in [0.2, 0.25) is 0 Å². The number of aliphatic hydroxyl groups excluding tert-OH is 1. The van der Waals surface area contributed by atoms with Crippen molar-refractivity contribution in [3.8, 4) is 5.75 Å². The van der Waals surface area contributed by atoms with Crippen molar-refractivity contribution in [3.05, 3.63) is 53.1 Å². The summed E-state index contributed by atoms with van der Waals surface area (Å²) in [5.74, 6) is -1.32. The van der Waals surface area contributed by atoms with Gasteiger partial charge in [-0.3, -0.25) is 14.4 Å². The summed E-state index contributed by atoms with van der Waals surface area (Å²) >= 11 is 0. The van der Waals surface area contributed by atoms with Crippen molar-refractivity contribution in [1.29, 1.82) is 0 Å². The second-order valence-corrected chi connectivity index (χ2v) is 11.1. The van der Waals surface area contributed by atoms with Gasteiger partial charge in [0.15, 0.2) is 0 Å². The summed E-state index contributed by atoms with van der Waals surface area (Å²) in [6.45, 7) is 10.2. The van der Waals surface area contributed by atoms with E-state index in [4.69, 9.17) is 16.2 Å². The van der Waals surface area contributed by atoms with E-state index in [0.717, 1.165) is 24.8 Å². The van der Waals surface area contributed by atoms with E-state index in [-0.39, 0.29) is 36.4 Å². The Hall–Kier alpha value is -3.17. The van der Waals surface area contributed by atoms with E-state index in [1.54, 1.807) is 12.0 Å². The molecule has 9 heteroatoms. The van der Waals surface area contributed by atoms with E-state index in [1.165, 1.54) is 12.2 Å². The lowest BCUT2D eigenvalue weighted by atomic mass is 9.63. The first kappa shape index (κ1) is 33.0. The van der Waals surface area contributed by atoms with E-state index >= 15 is 0 Å². The smallest absolute Gasteiger partial charge is 0.249 e. The van der Waals surface area contributed by atoms with Crippen LogP contribution in [-0.4, -0.2) is 67.1 Å². The number of carbonyl (C=O) groups excluding carboxylic acids is 3. The fraction of sp³-hybridized carbons (Fsp3) is 0.581. The number of nitrogens with zero attached hydrogens (tertiary/aromatic N) is 1. The maximum atomic E-state index is 13.7. The molecule has 0 radical (unpaired) electrons. The summed E-state index contributed by atoms with van der Waals surface area (Å²) in [4.78, 5) is 41.3. The lowest BCUT2D eigenvalue weighted by molar-refractivity contribution is -0.132. The summed E-state index contributed by atoms with van der Waals surface area (Å²) in [6, 6.07) is 7.36. The second-order valence-electron chi connectivity index (χ2n) is 11.1. The van der Waals surface area contributed by atoms with E-state index in [2.05, 4.69) is 19.2 Å². The molecule has 0 heterocycles. The number of benzene rings is 1. The van der Waals surface area contributed by atoms with Gasteiger partial charge < -0.3 is 31.5 Å². The van der Waals surface area contributed by atoms with E-state index in [0.29, 0.717) is 31.3 Å². The van der Waals surface area contributed by atoms with Gasteiger partial charge in [0.2, 0.25) is 17.7 Å². The Labute approximate surface area is 239 Å². The standard InChI is InChI=1S/C31H48N4O5/c1-6-14-35(15-7-2)29(38)24-17-23(28(32)37)18-31(19-24,30(33)39)26(27(36)20-34-13-12-21(3)4)16-22-8-10-25(40-5)11-9-22/h8-11,17-18,21,26-27,34,36H,6-7,12-16,19-20H2,1-5H3,(H2,32,37)(H2,33,39)/t26-,27+,31?/m1/s1. The SMILES string of the molecule is CCCN(CCC)C(=O)C1=CC(C(N)=O)=CC(C(N)=O)([C@H](Cc2ccc(OC)cc2)[C@@H](O)CNCCC(C)C)C1. The number of carbonyl (C=O) groups is 3. The van der Waals surface area contributed by atoms with Crippen molar-refractivity contribution in [2.24, 2.45) is 28.7 Å². The van der Waals surface area contributed by atoms with Crippen molar-refractivity contribution >= 4 is 17.7 Å². The maximum absolute atomic E-state index is 13.7. The Bertz CT molecular complexity index is 1060. The fourth-order valence-electron chi connectivity index (χ4n) is 5.30. The molecule has 0 saturated heterocycles. The van der Waals surface area contributed by atoms with Crippen molar-refractivity contribution in [1.82, 2.24) is 10.2 Å². The van der Waals surface area contributed by atoms with Crippen molar-refractivity contribution in [3.63, 3.8) is 0 Å². The number of nitrogens with two attached hydrogens (primary N) is 2. The first-order chi connectivity index (χ1) is 19.0. The highest BCUT2D eigenvalue weighted by atomic mass is 16.5. The highest BCUT2D eigenvalue weighted by Gasteiger charge is 2.49. The lowest BCUT2D eigenvalue weighted by Crippen LogP contribution is -2.52. The summed E-state index contributed by atoms with van der Waals surface area (Å²) in [6.07, 6.45) is 4.63. The highest BCUT2D eigenvalue weighted by Crippen LogP contribution is 2.44. The minimum Gasteiger partial charge on any atom is -0.497 e. The zero-order valence-corrected chi connectivity index (χ0v) is 24.7. The molecule has 0 bridgehead atoms. The number of nitrogens with one attached hydrogen (secondary N) is 1. The van der Waals surface area contributed by atoms with Gasteiger partial charge in [0.1, 0.15) is 5.75 Å². The number of amides is 3. The molecule has 6 N–H and O–H groups in total. The molecular formula is C31H48N4O5. The molecule has 1 aliphatic rings. The Kier molecular flexibility index (Phi) is 12.9. The third-order valence-corrected chi connectivity index (χ3v) is 7.51. The van der Waals surface area contributed by atoms with Gasteiger partial charge in [0, 0.05) is 36.7 Å². The molecule has 0 fully saturated rings. The van der Waals surface area contributed by atoms with E-state index < -0.39 is 29.3 Å². The fourth-order valence-corrected chi connectivity index (χ4v) is 5.30. The first-order valence-electron chi connectivity index (χ1n) is 14.3. The minimum absolute atomic E-state index is 0.0360. The van der Waals surface area contributed by atoms with Crippen LogP contribution in [0.4, 0.5) is 0 Å². The monoisotopic (exact) mass is 556 g/mol. The summed E-state index contributed by atoms with van der Waals surface area (Å²) in [7, 11) is 1.58. The zero-order valence-electron chi connectivity index (χ0n) is 24.7. The number of aliphatic hydroxyl groups is 1. The van der Waals surface area contributed by atoms with Gasteiger partial charge in [-0.1, -0.05) is 45.9 Å². The van der Waals surface area contributed by atoms with Crippen molar-refractivity contribution in [2.45, 2.75) is 65.9 Å². The van der Waals surface area contributed by atoms with Gasteiger partial charge in [-0.2, -0.15) is 0 Å². The maximum Gasteiger partial charge on any atom is 0.249 e. The van der Waals surface area contributed by atoms with Crippen LogP contribution in [0.1, 0.15) is 58.9 Å². The Morgan fingerprint density at radius 1 is 1.10 bits per heavy atom. The highest BCUT2D eigenvalue weighted by molar-refractivity contribution is 6.03. The largest absolute Gasteiger partial charge is 0.497 e. The van der Waals surface area contributed by atoms with Crippen LogP contribution >= 0.6 is 0 Å². The van der Waals surface area contributed by atoms with Gasteiger partial charge >= 0.3 is 0 Å². The predicted molar refractivity (Wildman–Crippen MR) is 157 cm³/mol. The summed E-state index contributed by atoms with van der Waals surface area (Å²) < 4.78 is 5.28. The Morgan fingerprint density at radius 2 is 1.73 bits per heavy atom. The van der Waals surface area contributed by atoms with E-state index in [1.807, 2.05) is 38.1 Å². The summed E-state index contributed by atoms with van der Waals surface area (Å²) in [5.41, 5.74) is 11.5. The van der Waals surface area contributed by atoms with Crippen LogP contribution in [0.15, 0.2) is 47.6 Å². The molecule has 3 amide bonds. The third-order valence-electron chi connectivity index (χ3n) is 7.51. The van der Waals surface area contributed by atoms with E-state index in [9.17, 15) is 19.5 Å². The number of ether oxygens (including phenoxy) is 1. The first-order valence-corrected chi connectivity index (χ1v) is 14.3. The quantitative estimate of drug-likeness (QED) is 0.217. The van der Waals surface area contributed by atoms with Gasteiger partial charge in [-0.15, -0.1) is 0 Å². The normalized spacial score (nSPS) is 18.5. The number of methoxy groups -OCH3 is 1. The van der Waals surface area contributed by atoms with Crippen molar-refractivity contribution < 1.29 is 24.2 Å². The predicted octanol–water partition coefficient (Wildman–Crippen LogP) is 2.71. The average Bonchev–Trinajstić information content (AvgIpc) is 2.93. The molecule has 1 aliphatic carbocycles. The molecule has 1 aromatic rings. The van der Waals surface area contributed by atoms with Crippen LogP contribution in [0.25, 0.3) is 0 Å². The molecule has 1 aromatic carbocycles. The molecule has 222 valence electrons. The second kappa shape index (κ2) is 15.6. The number of primary amides is 2. The van der Waals surface area contributed by atoms with Gasteiger partial charge in [-0.05, 0) is 68.3 Å². The molecule has 0 aliphatic heterocycles. The van der Waals surface area contributed by atoms with Crippen LogP contribution in [-0.2, 0) is 20.8 Å². The molecule has 0 spiro atoms. The number of hydrogen-bond acceptors (Lipinski definition) is 6. The van der Waals surface area contributed by atoms with Crippen molar-refractivity contribution in [2.75, 3.05) is 33.3 Å². The number of rotatable bonds is 17. The molecule has 40 heavy (non-hydrogen) atoms.